The van der Waals surface area contributed by atoms with Gasteiger partial charge in [0, 0.05) is 30.6 Å². The molecule has 4 heteroatoms. The van der Waals surface area contributed by atoms with Gasteiger partial charge in [-0.25, -0.2) is 4.98 Å². The van der Waals surface area contributed by atoms with Crippen LogP contribution in [0.15, 0.2) is 24.5 Å². The number of hydrogen-bond donors (Lipinski definition) is 0. The molecule has 0 radical (unpaired) electrons. The van der Waals surface area contributed by atoms with Gasteiger partial charge in [0.25, 0.3) is 0 Å². The molecule has 0 spiro atoms. The summed E-state index contributed by atoms with van der Waals surface area (Å²) >= 11 is 0. The van der Waals surface area contributed by atoms with Crippen LogP contribution in [0.25, 0.3) is 5.69 Å². The van der Waals surface area contributed by atoms with Gasteiger partial charge in [-0.2, -0.15) is 0 Å². The number of likely N-dealkylation sites (N-methyl/N-ethyl adjacent to an activating group) is 1. The van der Waals surface area contributed by atoms with E-state index in [0.29, 0.717) is 5.92 Å². The average molecular weight is 270 g/mol. The Kier molecular flexibility index (Phi) is 3.57. The Hall–Kier alpha value is -1.68. The minimum atomic E-state index is 0.554. The predicted molar refractivity (Wildman–Crippen MR) is 80.3 cm³/mol. The first-order valence-corrected chi connectivity index (χ1v) is 7.31. The summed E-state index contributed by atoms with van der Waals surface area (Å²) in [6.07, 6.45) is 6.51. The van der Waals surface area contributed by atoms with Gasteiger partial charge in [0.15, 0.2) is 0 Å². The Morgan fingerprint density at radius 2 is 2.15 bits per heavy atom. The zero-order valence-corrected chi connectivity index (χ0v) is 12.5. The van der Waals surface area contributed by atoms with Crippen LogP contribution in [0.5, 0.6) is 0 Å². The highest BCUT2D eigenvalue weighted by atomic mass is 15.1. The van der Waals surface area contributed by atoms with Gasteiger partial charge in [-0.15, -0.1) is 0 Å². The summed E-state index contributed by atoms with van der Waals surface area (Å²) in [5, 5.41) is 0. The molecule has 1 atom stereocenters. The molecule has 1 fully saturated rings. The van der Waals surface area contributed by atoms with Crippen molar-refractivity contribution in [3.05, 3.63) is 41.7 Å². The fraction of sp³-hybridized carbons (Fsp3) is 0.500. The van der Waals surface area contributed by atoms with Gasteiger partial charge in [0.2, 0.25) is 0 Å². The molecule has 0 saturated carbocycles. The average Bonchev–Trinajstić information content (AvgIpc) is 2.78. The third-order valence-corrected chi connectivity index (χ3v) is 4.09. The van der Waals surface area contributed by atoms with E-state index in [1.807, 2.05) is 20.0 Å². The highest BCUT2D eigenvalue weighted by molar-refractivity contribution is 5.35. The first-order valence-electron chi connectivity index (χ1n) is 7.31. The molecule has 0 aliphatic carbocycles. The first kappa shape index (κ1) is 13.3. The van der Waals surface area contributed by atoms with Crippen molar-refractivity contribution in [2.45, 2.75) is 32.6 Å². The van der Waals surface area contributed by atoms with Crippen molar-refractivity contribution < 1.29 is 0 Å². The number of imidazole rings is 1. The molecule has 0 N–H and O–H groups in total. The monoisotopic (exact) mass is 270 g/mol. The minimum Gasteiger partial charge on any atom is -0.306 e. The Morgan fingerprint density at radius 3 is 2.85 bits per heavy atom. The van der Waals surface area contributed by atoms with Gasteiger partial charge >= 0.3 is 0 Å². The van der Waals surface area contributed by atoms with E-state index in [1.165, 1.54) is 30.8 Å². The Labute approximate surface area is 120 Å². The Bertz CT molecular complexity index is 602. The number of piperidine rings is 1. The van der Waals surface area contributed by atoms with Gasteiger partial charge in [0.1, 0.15) is 5.82 Å². The van der Waals surface area contributed by atoms with Crippen molar-refractivity contribution in [1.29, 1.82) is 0 Å². The van der Waals surface area contributed by atoms with E-state index in [0.717, 1.165) is 18.1 Å². The third kappa shape index (κ3) is 2.61. The summed E-state index contributed by atoms with van der Waals surface area (Å²) in [5.41, 5.74) is 3.43. The third-order valence-electron chi connectivity index (χ3n) is 4.09. The summed E-state index contributed by atoms with van der Waals surface area (Å²) in [4.78, 5) is 11.5. The summed E-state index contributed by atoms with van der Waals surface area (Å²) in [6, 6.07) is 4.28. The predicted octanol–water partition coefficient (Wildman–Crippen LogP) is 2.69. The number of nitrogens with zero attached hydrogens (tertiary/aromatic N) is 4. The van der Waals surface area contributed by atoms with Crippen LogP contribution in [0, 0.1) is 13.8 Å². The molecular formula is C16H22N4. The molecule has 2 aromatic rings. The number of aromatic nitrogens is 3. The summed E-state index contributed by atoms with van der Waals surface area (Å²) in [5.74, 6) is 1.58. The molecule has 3 rings (SSSR count). The Morgan fingerprint density at radius 1 is 1.30 bits per heavy atom. The zero-order valence-electron chi connectivity index (χ0n) is 12.5. The maximum Gasteiger partial charge on any atom is 0.110 e. The number of aryl methyl sites for hydroxylation is 2. The molecule has 1 aliphatic heterocycles. The Balaban J connectivity index is 1.91. The molecule has 0 amide bonds. The van der Waals surface area contributed by atoms with E-state index in [9.17, 15) is 0 Å². The molecule has 0 aromatic carbocycles. The molecule has 0 bridgehead atoms. The molecule has 1 aliphatic rings. The summed E-state index contributed by atoms with van der Waals surface area (Å²) in [7, 11) is 2.19. The summed E-state index contributed by atoms with van der Waals surface area (Å²) < 4.78 is 2.15. The lowest BCUT2D eigenvalue weighted by molar-refractivity contribution is 0.248. The van der Waals surface area contributed by atoms with Crippen LogP contribution in [-0.4, -0.2) is 39.6 Å². The minimum absolute atomic E-state index is 0.554. The van der Waals surface area contributed by atoms with Crippen molar-refractivity contribution in [1.82, 2.24) is 19.4 Å². The molecule has 4 nitrogen and oxygen atoms in total. The van der Waals surface area contributed by atoms with Gasteiger partial charge in [-0.05, 0) is 52.4 Å². The zero-order chi connectivity index (χ0) is 14.1. The van der Waals surface area contributed by atoms with E-state index in [2.05, 4.69) is 44.8 Å². The molecule has 1 saturated heterocycles. The second-order valence-corrected chi connectivity index (χ2v) is 5.84. The highest BCUT2D eigenvalue weighted by Crippen LogP contribution is 2.26. The number of hydrogen-bond acceptors (Lipinski definition) is 3. The molecule has 0 unspecified atom stereocenters. The van der Waals surface area contributed by atoms with Crippen LogP contribution < -0.4 is 0 Å². The van der Waals surface area contributed by atoms with Crippen molar-refractivity contribution in [3.8, 4) is 5.69 Å². The van der Waals surface area contributed by atoms with E-state index < -0.39 is 0 Å². The lowest BCUT2D eigenvalue weighted by atomic mass is 9.94. The van der Waals surface area contributed by atoms with E-state index >= 15 is 0 Å². The largest absolute Gasteiger partial charge is 0.306 e. The second-order valence-electron chi connectivity index (χ2n) is 5.84. The molecule has 3 heterocycles. The lowest BCUT2D eigenvalue weighted by Gasteiger charge is -2.29. The molecular weight excluding hydrogens is 248 g/mol. The van der Waals surface area contributed by atoms with Crippen molar-refractivity contribution in [2.75, 3.05) is 20.1 Å². The standard InChI is InChI=1S/C16H22N4/c1-12-10-20(13(2)18-12)15-6-7-17-16(9-15)14-5-4-8-19(3)11-14/h6-7,9-10,14H,4-5,8,11H2,1-3H3/t14-/m1/s1. The summed E-state index contributed by atoms with van der Waals surface area (Å²) in [6.45, 7) is 6.39. The van der Waals surface area contributed by atoms with Crippen molar-refractivity contribution in [3.63, 3.8) is 0 Å². The van der Waals surface area contributed by atoms with Gasteiger partial charge in [-0.3, -0.25) is 4.98 Å². The SMILES string of the molecule is Cc1cn(-c2ccnc([C@@H]3CCCN(C)C3)c2)c(C)n1. The van der Waals surface area contributed by atoms with E-state index in [1.54, 1.807) is 0 Å². The normalized spacial score (nSPS) is 20.2. The van der Waals surface area contributed by atoms with Crippen molar-refractivity contribution in [2.24, 2.45) is 0 Å². The molecule has 20 heavy (non-hydrogen) atoms. The van der Waals surface area contributed by atoms with E-state index in [4.69, 9.17) is 0 Å². The maximum atomic E-state index is 4.60. The molecule has 2 aromatic heterocycles. The number of rotatable bonds is 2. The first-order chi connectivity index (χ1) is 9.63. The topological polar surface area (TPSA) is 34.0 Å². The fourth-order valence-electron chi connectivity index (χ4n) is 3.10. The second kappa shape index (κ2) is 5.37. The van der Waals surface area contributed by atoms with Gasteiger partial charge in [0.05, 0.1) is 11.4 Å². The lowest BCUT2D eigenvalue weighted by Crippen LogP contribution is -2.31. The van der Waals surface area contributed by atoms with Crippen LogP contribution in [0.3, 0.4) is 0 Å². The maximum absolute atomic E-state index is 4.60. The van der Waals surface area contributed by atoms with Crippen LogP contribution in [0.2, 0.25) is 0 Å². The highest BCUT2D eigenvalue weighted by Gasteiger charge is 2.20. The number of pyridine rings is 1. The number of likely N-dealkylation sites (tertiary alicyclic amines) is 1. The van der Waals surface area contributed by atoms with E-state index in [-0.39, 0.29) is 0 Å². The van der Waals surface area contributed by atoms with Crippen molar-refractivity contribution >= 4 is 0 Å². The van der Waals surface area contributed by atoms with Gasteiger partial charge < -0.3 is 9.47 Å². The van der Waals surface area contributed by atoms with Crippen LogP contribution in [0.1, 0.15) is 36.0 Å². The van der Waals surface area contributed by atoms with Crippen LogP contribution >= 0.6 is 0 Å². The van der Waals surface area contributed by atoms with Crippen LogP contribution in [0.4, 0.5) is 0 Å². The van der Waals surface area contributed by atoms with Crippen LogP contribution in [-0.2, 0) is 0 Å². The van der Waals surface area contributed by atoms with Gasteiger partial charge in [-0.1, -0.05) is 0 Å². The fourth-order valence-corrected chi connectivity index (χ4v) is 3.10. The molecule has 106 valence electrons. The quantitative estimate of drug-likeness (QED) is 0.841. The smallest absolute Gasteiger partial charge is 0.110 e.